The highest BCUT2D eigenvalue weighted by atomic mass is 16.5. The Labute approximate surface area is 102 Å². The van der Waals surface area contributed by atoms with Gasteiger partial charge in [-0.2, -0.15) is 0 Å². The number of amides is 1. The van der Waals surface area contributed by atoms with Crippen molar-refractivity contribution in [3.05, 3.63) is 35.9 Å². The summed E-state index contributed by atoms with van der Waals surface area (Å²) in [5, 5.41) is 0. The number of carbonyl (C=O) groups is 1. The van der Waals surface area contributed by atoms with E-state index in [-0.39, 0.29) is 5.91 Å². The summed E-state index contributed by atoms with van der Waals surface area (Å²) in [6, 6.07) is 9.48. The standard InChI is InChI=1S/C14H19NO2/c1-2-15(10-12-8-9-17-11-12)14(16)13-6-4-3-5-7-13/h3-7,12H,2,8-11H2,1H3. The first-order chi connectivity index (χ1) is 8.31. The topological polar surface area (TPSA) is 29.5 Å². The van der Waals surface area contributed by atoms with Crippen LogP contribution in [0.1, 0.15) is 23.7 Å². The molecule has 1 atom stereocenters. The van der Waals surface area contributed by atoms with Crippen LogP contribution < -0.4 is 0 Å². The van der Waals surface area contributed by atoms with Gasteiger partial charge < -0.3 is 9.64 Å². The number of nitrogens with zero attached hydrogens (tertiary/aromatic N) is 1. The normalized spacial score (nSPS) is 19.2. The minimum absolute atomic E-state index is 0.125. The molecular formula is C14H19NO2. The van der Waals surface area contributed by atoms with E-state index in [0.717, 1.165) is 38.3 Å². The smallest absolute Gasteiger partial charge is 0.253 e. The highest BCUT2D eigenvalue weighted by Crippen LogP contribution is 2.15. The Kier molecular flexibility index (Phi) is 4.15. The number of benzene rings is 1. The maximum Gasteiger partial charge on any atom is 0.253 e. The van der Waals surface area contributed by atoms with E-state index in [0.29, 0.717) is 5.92 Å². The molecule has 1 amide bonds. The van der Waals surface area contributed by atoms with Crippen LogP contribution in [0.15, 0.2) is 30.3 Å². The van der Waals surface area contributed by atoms with Crippen LogP contribution in [0.4, 0.5) is 0 Å². The van der Waals surface area contributed by atoms with Gasteiger partial charge in [0.05, 0.1) is 6.61 Å². The zero-order valence-electron chi connectivity index (χ0n) is 10.3. The number of carbonyl (C=O) groups excluding carboxylic acids is 1. The molecule has 0 spiro atoms. The lowest BCUT2D eigenvalue weighted by Gasteiger charge is -2.23. The molecule has 0 aliphatic carbocycles. The van der Waals surface area contributed by atoms with Crippen molar-refractivity contribution in [3.8, 4) is 0 Å². The Morgan fingerprint density at radius 1 is 1.41 bits per heavy atom. The average Bonchev–Trinajstić information content (AvgIpc) is 2.89. The van der Waals surface area contributed by atoms with E-state index >= 15 is 0 Å². The largest absolute Gasteiger partial charge is 0.381 e. The second-order valence-corrected chi connectivity index (χ2v) is 4.44. The van der Waals surface area contributed by atoms with Crippen molar-refractivity contribution >= 4 is 5.91 Å². The van der Waals surface area contributed by atoms with E-state index in [1.165, 1.54) is 0 Å². The first kappa shape index (κ1) is 12.1. The number of ether oxygens (including phenoxy) is 1. The molecule has 92 valence electrons. The SMILES string of the molecule is CCN(CC1CCOC1)C(=O)c1ccccc1. The molecule has 0 bridgehead atoms. The second-order valence-electron chi connectivity index (χ2n) is 4.44. The highest BCUT2D eigenvalue weighted by Gasteiger charge is 2.21. The van der Waals surface area contributed by atoms with Gasteiger partial charge in [0.15, 0.2) is 0 Å². The Balaban J connectivity index is 2.00. The maximum atomic E-state index is 12.2. The molecule has 1 aliphatic heterocycles. The summed E-state index contributed by atoms with van der Waals surface area (Å²) >= 11 is 0. The third-order valence-corrected chi connectivity index (χ3v) is 3.19. The van der Waals surface area contributed by atoms with Gasteiger partial charge in [-0.3, -0.25) is 4.79 Å². The molecule has 17 heavy (non-hydrogen) atoms. The van der Waals surface area contributed by atoms with Crippen molar-refractivity contribution in [2.24, 2.45) is 5.92 Å². The first-order valence-corrected chi connectivity index (χ1v) is 6.23. The molecule has 3 nitrogen and oxygen atoms in total. The molecule has 0 saturated carbocycles. The molecule has 1 saturated heterocycles. The molecular weight excluding hydrogens is 214 g/mol. The van der Waals surface area contributed by atoms with Gasteiger partial charge in [-0.05, 0) is 25.5 Å². The molecule has 3 heteroatoms. The Bertz CT molecular complexity index is 358. The molecule has 1 unspecified atom stereocenters. The summed E-state index contributed by atoms with van der Waals surface area (Å²) in [4.78, 5) is 14.2. The highest BCUT2D eigenvalue weighted by molar-refractivity contribution is 5.94. The van der Waals surface area contributed by atoms with Crippen molar-refractivity contribution in [2.75, 3.05) is 26.3 Å². The van der Waals surface area contributed by atoms with Gasteiger partial charge in [-0.25, -0.2) is 0 Å². The quantitative estimate of drug-likeness (QED) is 0.797. The predicted molar refractivity (Wildman–Crippen MR) is 66.9 cm³/mol. The molecule has 1 aromatic carbocycles. The molecule has 1 heterocycles. The number of hydrogen-bond acceptors (Lipinski definition) is 2. The fourth-order valence-electron chi connectivity index (χ4n) is 2.16. The van der Waals surface area contributed by atoms with Crippen molar-refractivity contribution in [1.29, 1.82) is 0 Å². The van der Waals surface area contributed by atoms with Gasteiger partial charge in [0.25, 0.3) is 5.91 Å². The molecule has 2 rings (SSSR count). The van der Waals surface area contributed by atoms with E-state index in [4.69, 9.17) is 4.74 Å². The summed E-state index contributed by atoms with van der Waals surface area (Å²) in [6.07, 6.45) is 1.07. The van der Waals surface area contributed by atoms with Crippen LogP contribution in [0.5, 0.6) is 0 Å². The first-order valence-electron chi connectivity index (χ1n) is 6.23. The third-order valence-electron chi connectivity index (χ3n) is 3.19. The van der Waals surface area contributed by atoms with Crippen LogP contribution >= 0.6 is 0 Å². The van der Waals surface area contributed by atoms with Crippen LogP contribution in [0.25, 0.3) is 0 Å². The van der Waals surface area contributed by atoms with Crippen LogP contribution in [-0.4, -0.2) is 37.1 Å². The van der Waals surface area contributed by atoms with Gasteiger partial charge in [-0.1, -0.05) is 18.2 Å². The number of rotatable bonds is 4. The molecule has 0 radical (unpaired) electrons. The maximum absolute atomic E-state index is 12.2. The third kappa shape index (κ3) is 3.07. The summed E-state index contributed by atoms with van der Waals surface area (Å²) < 4.78 is 5.35. The van der Waals surface area contributed by atoms with Gasteiger partial charge in [0, 0.05) is 31.2 Å². The lowest BCUT2D eigenvalue weighted by Crippen LogP contribution is -2.35. The molecule has 0 N–H and O–H groups in total. The summed E-state index contributed by atoms with van der Waals surface area (Å²) in [6.45, 7) is 5.21. The van der Waals surface area contributed by atoms with E-state index in [2.05, 4.69) is 0 Å². The second kappa shape index (κ2) is 5.82. The van der Waals surface area contributed by atoms with Crippen molar-refractivity contribution in [2.45, 2.75) is 13.3 Å². The zero-order chi connectivity index (χ0) is 12.1. The van der Waals surface area contributed by atoms with E-state index in [9.17, 15) is 4.79 Å². The van der Waals surface area contributed by atoms with E-state index < -0.39 is 0 Å². The fourth-order valence-corrected chi connectivity index (χ4v) is 2.16. The minimum Gasteiger partial charge on any atom is -0.381 e. The molecule has 1 fully saturated rings. The van der Waals surface area contributed by atoms with E-state index in [1.807, 2.05) is 42.2 Å². The lowest BCUT2D eigenvalue weighted by atomic mass is 10.1. The predicted octanol–water partition coefficient (Wildman–Crippen LogP) is 2.19. The van der Waals surface area contributed by atoms with Gasteiger partial charge in [0.1, 0.15) is 0 Å². The molecule has 0 aromatic heterocycles. The monoisotopic (exact) mass is 233 g/mol. The summed E-state index contributed by atoms with van der Waals surface area (Å²) in [5.41, 5.74) is 0.772. The zero-order valence-corrected chi connectivity index (χ0v) is 10.3. The van der Waals surface area contributed by atoms with Crippen LogP contribution in [-0.2, 0) is 4.74 Å². The Morgan fingerprint density at radius 3 is 2.76 bits per heavy atom. The van der Waals surface area contributed by atoms with Crippen LogP contribution in [0.3, 0.4) is 0 Å². The Morgan fingerprint density at radius 2 is 2.18 bits per heavy atom. The summed E-state index contributed by atoms with van der Waals surface area (Å²) in [5.74, 6) is 0.627. The lowest BCUT2D eigenvalue weighted by molar-refractivity contribution is 0.0731. The Hall–Kier alpha value is -1.35. The molecule has 1 aliphatic rings. The van der Waals surface area contributed by atoms with Gasteiger partial charge >= 0.3 is 0 Å². The van der Waals surface area contributed by atoms with Crippen LogP contribution in [0.2, 0.25) is 0 Å². The number of hydrogen-bond donors (Lipinski definition) is 0. The minimum atomic E-state index is 0.125. The van der Waals surface area contributed by atoms with Crippen molar-refractivity contribution in [3.63, 3.8) is 0 Å². The van der Waals surface area contributed by atoms with Crippen LogP contribution in [0, 0.1) is 5.92 Å². The van der Waals surface area contributed by atoms with Gasteiger partial charge in [-0.15, -0.1) is 0 Å². The fraction of sp³-hybridized carbons (Fsp3) is 0.500. The van der Waals surface area contributed by atoms with E-state index in [1.54, 1.807) is 0 Å². The van der Waals surface area contributed by atoms with Gasteiger partial charge in [0.2, 0.25) is 0 Å². The van der Waals surface area contributed by atoms with Crippen molar-refractivity contribution < 1.29 is 9.53 Å². The average molecular weight is 233 g/mol. The van der Waals surface area contributed by atoms with Crippen molar-refractivity contribution in [1.82, 2.24) is 4.90 Å². The molecule has 1 aromatic rings. The summed E-state index contributed by atoms with van der Waals surface area (Å²) in [7, 11) is 0.